The second-order valence-corrected chi connectivity index (χ2v) is 8.41. The van der Waals surface area contributed by atoms with Crippen molar-refractivity contribution in [2.24, 2.45) is 0 Å². The Hall–Kier alpha value is -3.28. The van der Waals surface area contributed by atoms with Gasteiger partial charge in [0, 0.05) is 18.4 Å². The molecule has 1 atom stereocenters. The highest BCUT2D eigenvalue weighted by molar-refractivity contribution is 6.19. The lowest BCUT2D eigenvalue weighted by atomic mass is 9.86. The van der Waals surface area contributed by atoms with Gasteiger partial charge < -0.3 is 4.74 Å². The summed E-state index contributed by atoms with van der Waals surface area (Å²) < 4.78 is 5.32. The van der Waals surface area contributed by atoms with Crippen LogP contribution in [0.15, 0.2) is 48.5 Å². The van der Waals surface area contributed by atoms with Gasteiger partial charge in [0.2, 0.25) is 17.6 Å². The van der Waals surface area contributed by atoms with Gasteiger partial charge in [0.05, 0.1) is 11.3 Å². The Kier molecular flexibility index (Phi) is 5.87. The lowest BCUT2D eigenvalue weighted by molar-refractivity contribution is -0.121. The van der Waals surface area contributed by atoms with Crippen molar-refractivity contribution in [3.63, 3.8) is 0 Å². The molecule has 0 spiro atoms. The Balaban J connectivity index is 1.65. The Bertz CT molecular complexity index is 968. The van der Waals surface area contributed by atoms with Gasteiger partial charge in [0.25, 0.3) is 0 Å². The van der Waals surface area contributed by atoms with Gasteiger partial charge in [-0.05, 0) is 42.2 Å². The maximum absolute atomic E-state index is 12.6. The van der Waals surface area contributed by atoms with E-state index >= 15 is 0 Å². The normalized spacial score (nSPS) is 15.3. The second-order valence-electron chi connectivity index (χ2n) is 8.41. The van der Waals surface area contributed by atoms with Crippen molar-refractivity contribution in [1.29, 1.82) is 0 Å². The topological polar surface area (TPSA) is 80.8 Å². The van der Waals surface area contributed by atoms with Gasteiger partial charge >= 0.3 is 5.97 Å². The lowest BCUT2D eigenvalue weighted by Crippen LogP contribution is -2.28. The van der Waals surface area contributed by atoms with Gasteiger partial charge in [-0.25, -0.2) is 4.79 Å². The Morgan fingerprint density at radius 1 is 0.867 bits per heavy atom. The number of esters is 1. The van der Waals surface area contributed by atoms with Gasteiger partial charge in [-0.1, -0.05) is 45.0 Å². The third-order valence-electron chi connectivity index (χ3n) is 5.10. The van der Waals surface area contributed by atoms with Crippen molar-refractivity contribution in [2.45, 2.75) is 52.1 Å². The van der Waals surface area contributed by atoms with Crippen LogP contribution in [-0.4, -0.2) is 29.7 Å². The Labute approximate surface area is 175 Å². The predicted molar refractivity (Wildman–Crippen MR) is 113 cm³/mol. The average molecular weight is 407 g/mol. The van der Waals surface area contributed by atoms with E-state index in [0.717, 1.165) is 10.5 Å². The number of hydrogen-bond acceptors (Lipinski definition) is 5. The molecular weight excluding hydrogens is 382 g/mol. The molecule has 0 aromatic heterocycles. The maximum atomic E-state index is 12.6. The summed E-state index contributed by atoms with van der Waals surface area (Å²) in [7, 11) is 0. The van der Waals surface area contributed by atoms with Crippen LogP contribution in [0.4, 0.5) is 5.69 Å². The zero-order valence-corrected chi connectivity index (χ0v) is 17.6. The molecule has 2 aromatic carbocycles. The van der Waals surface area contributed by atoms with Gasteiger partial charge in [-0.15, -0.1) is 0 Å². The molecule has 156 valence electrons. The quantitative estimate of drug-likeness (QED) is 0.424. The van der Waals surface area contributed by atoms with E-state index in [1.807, 2.05) is 12.1 Å². The number of rotatable bonds is 5. The van der Waals surface area contributed by atoms with Crippen molar-refractivity contribution in [3.8, 4) is 0 Å². The van der Waals surface area contributed by atoms with Crippen molar-refractivity contribution < 1.29 is 23.9 Å². The summed E-state index contributed by atoms with van der Waals surface area (Å²) in [6.45, 7) is 7.81. The number of nitrogens with zero attached hydrogens (tertiary/aromatic N) is 1. The van der Waals surface area contributed by atoms with E-state index in [2.05, 4.69) is 20.8 Å². The molecule has 1 aliphatic heterocycles. The van der Waals surface area contributed by atoms with Crippen LogP contribution < -0.4 is 4.90 Å². The van der Waals surface area contributed by atoms with E-state index in [4.69, 9.17) is 4.74 Å². The van der Waals surface area contributed by atoms with E-state index in [9.17, 15) is 19.2 Å². The number of Topliss-reactive ketones (excluding diaryl/α,β-unsaturated/α-hetero) is 1. The highest BCUT2D eigenvalue weighted by atomic mass is 16.5. The van der Waals surface area contributed by atoms with Crippen LogP contribution in [0.2, 0.25) is 0 Å². The molecule has 0 bridgehead atoms. The minimum absolute atomic E-state index is 0.0177. The monoisotopic (exact) mass is 407 g/mol. The molecule has 0 N–H and O–H groups in total. The SMILES string of the molecule is C[C@@H](OC(=O)c1ccc(N2C(=O)CCC2=O)cc1)C(=O)c1ccc(C(C)(C)C)cc1. The fraction of sp³-hybridized carbons (Fsp3) is 0.333. The smallest absolute Gasteiger partial charge is 0.338 e. The highest BCUT2D eigenvalue weighted by Crippen LogP contribution is 2.24. The van der Waals surface area contributed by atoms with E-state index in [0.29, 0.717) is 11.3 Å². The van der Waals surface area contributed by atoms with Crippen molar-refractivity contribution in [1.82, 2.24) is 0 Å². The number of anilines is 1. The molecule has 0 saturated carbocycles. The fourth-order valence-corrected chi connectivity index (χ4v) is 3.26. The van der Waals surface area contributed by atoms with E-state index < -0.39 is 12.1 Å². The first-order valence-corrected chi connectivity index (χ1v) is 9.89. The molecule has 6 heteroatoms. The lowest BCUT2D eigenvalue weighted by Gasteiger charge is -2.19. The van der Waals surface area contributed by atoms with Gasteiger partial charge in [0.15, 0.2) is 6.10 Å². The molecule has 2 aromatic rings. The number of hydrogen-bond donors (Lipinski definition) is 0. The van der Waals surface area contributed by atoms with Crippen LogP contribution in [0.25, 0.3) is 0 Å². The van der Waals surface area contributed by atoms with Gasteiger partial charge in [-0.3, -0.25) is 19.3 Å². The summed E-state index contributed by atoms with van der Waals surface area (Å²) >= 11 is 0. The summed E-state index contributed by atoms with van der Waals surface area (Å²) in [6.07, 6.45) is -0.558. The van der Waals surface area contributed by atoms with Crippen molar-refractivity contribution in [2.75, 3.05) is 4.90 Å². The molecule has 1 heterocycles. The summed E-state index contributed by atoms with van der Waals surface area (Å²) in [6, 6.07) is 13.3. The Morgan fingerprint density at radius 3 is 1.87 bits per heavy atom. The summed E-state index contributed by atoms with van der Waals surface area (Å²) in [4.78, 5) is 49.8. The van der Waals surface area contributed by atoms with Crippen LogP contribution in [-0.2, 0) is 19.7 Å². The van der Waals surface area contributed by atoms with Crippen molar-refractivity contribution >= 4 is 29.3 Å². The number of benzene rings is 2. The Morgan fingerprint density at radius 2 is 1.37 bits per heavy atom. The summed E-state index contributed by atoms with van der Waals surface area (Å²) in [5.74, 6) is -1.44. The zero-order valence-electron chi connectivity index (χ0n) is 17.6. The maximum Gasteiger partial charge on any atom is 0.338 e. The molecule has 30 heavy (non-hydrogen) atoms. The molecule has 2 amide bonds. The van der Waals surface area contributed by atoms with Crippen LogP contribution in [0.1, 0.15) is 66.8 Å². The number of imide groups is 1. The molecule has 3 rings (SSSR count). The zero-order chi connectivity index (χ0) is 22.1. The van der Waals surface area contributed by atoms with Crippen molar-refractivity contribution in [3.05, 3.63) is 65.2 Å². The third-order valence-corrected chi connectivity index (χ3v) is 5.10. The number of carbonyl (C=O) groups is 4. The first-order valence-electron chi connectivity index (χ1n) is 9.89. The van der Waals surface area contributed by atoms with E-state index in [-0.39, 0.29) is 41.4 Å². The number of amides is 2. The highest BCUT2D eigenvalue weighted by Gasteiger charge is 2.30. The molecular formula is C24H25NO5. The third kappa shape index (κ3) is 4.48. The van der Waals surface area contributed by atoms with E-state index in [1.54, 1.807) is 12.1 Å². The average Bonchev–Trinajstić information content (AvgIpc) is 3.05. The molecule has 0 aliphatic carbocycles. The van der Waals surface area contributed by atoms with Crippen LogP contribution in [0.5, 0.6) is 0 Å². The number of ether oxygens (including phenoxy) is 1. The fourth-order valence-electron chi connectivity index (χ4n) is 3.26. The molecule has 1 fully saturated rings. The molecule has 1 saturated heterocycles. The largest absolute Gasteiger partial charge is 0.451 e. The van der Waals surface area contributed by atoms with Gasteiger partial charge in [-0.2, -0.15) is 0 Å². The van der Waals surface area contributed by atoms with Gasteiger partial charge in [0.1, 0.15) is 0 Å². The summed E-state index contributed by atoms with van der Waals surface area (Å²) in [5, 5.41) is 0. The number of ketones is 1. The standard InChI is InChI=1S/C24H25NO5/c1-15(22(28)16-5-9-18(10-6-16)24(2,3)4)30-23(29)17-7-11-19(12-8-17)25-20(26)13-14-21(25)27/h5-12,15H,13-14H2,1-4H3/t15-/m1/s1. The first-order chi connectivity index (χ1) is 14.1. The minimum Gasteiger partial charge on any atom is -0.451 e. The van der Waals surface area contributed by atoms with Crippen LogP contribution >= 0.6 is 0 Å². The summed E-state index contributed by atoms with van der Waals surface area (Å²) in [5.41, 5.74) is 2.22. The van der Waals surface area contributed by atoms with Crippen LogP contribution in [0.3, 0.4) is 0 Å². The van der Waals surface area contributed by atoms with E-state index in [1.165, 1.54) is 31.2 Å². The predicted octanol–water partition coefficient (Wildman–Crippen LogP) is 4.07. The first kappa shape index (κ1) is 21.4. The second kappa shape index (κ2) is 8.22. The number of carbonyl (C=O) groups excluding carboxylic acids is 4. The van der Waals surface area contributed by atoms with Crippen LogP contribution in [0, 0.1) is 0 Å². The molecule has 6 nitrogen and oxygen atoms in total. The molecule has 1 aliphatic rings. The molecule has 0 unspecified atom stereocenters. The minimum atomic E-state index is -0.945. The molecule has 0 radical (unpaired) electrons.